The zero-order valence-corrected chi connectivity index (χ0v) is 17.8. The van der Waals surface area contributed by atoms with Gasteiger partial charge in [-0.2, -0.15) is 0 Å². The van der Waals surface area contributed by atoms with Crippen LogP contribution in [-0.2, 0) is 4.74 Å². The molecule has 7 heteroatoms. The van der Waals surface area contributed by atoms with E-state index in [4.69, 9.17) is 13.9 Å². The minimum Gasteiger partial charge on any atom is -0.497 e. The number of hydrogen-bond donors (Lipinski definition) is 1. The number of amides is 1. The largest absolute Gasteiger partial charge is 0.497 e. The van der Waals surface area contributed by atoms with E-state index in [1.54, 1.807) is 40.0 Å². The van der Waals surface area contributed by atoms with Crippen LogP contribution in [0.5, 0.6) is 5.75 Å². The number of esters is 1. The van der Waals surface area contributed by atoms with Crippen molar-refractivity contribution in [1.82, 2.24) is 0 Å². The van der Waals surface area contributed by atoms with Gasteiger partial charge in [0.1, 0.15) is 22.1 Å². The second kappa shape index (κ2) is 8.53. The van der Waals surface area contributed by atoms with Gasteiger partial charge in [0.15, 0.2) is 5.76 Å². The summed E-state index contributed by atoms with van der Waals surface area (Å²) in [5.74, 6) is 0.633. The van der Waals surface area contributed by atoms with Gasteiger partial charge in [0.2, 0.25) is 0 Å². The predicted octanol–water partition coefficient (Wildman–Crippen LogP) is 5.45. The van der Waals surface area contributed by atoms with Crippen LogP contribution in [0.3, 0.4) is 0 Å². The summed E-state index contributed by atoms with van der Waals surface area (Å²) in [6.07, 6.45) is -0.289. The number of furan rings is 1. The molecule has 0 saturated carbocycles. The molecule has 0 unspecified atom stereocenters. The number of hydrogen-bond acceptors (Lipinski definition) is 6. The van der Waals surface area contributed by atoms with Crippen molar-refractivity contribution in [2.75, 3.05) is 12.4 Å². The highest BCUT2D eigenvalue weighted by Crippen LogP contribution is 2.41. The molecule has 0 saturated heterocycles. The lowest BCUT2D eigenvalue weighted by Crippen LogP contribution is -2.16. The van der Waals surface area contributed by atoms with Gasteiger partial charge in [-0.25, -0.2) is 4.79 Å². The molecule has 0 fully saturated rings. The molecular formula is C22H23NO5S. The van der Waals surface area contributed by atoms with Gasteiger partial charge in [-0.1, -0.05) is 12.1 Å². The molecule has 29 heavy (non-hydrogen) atoms. The van der Waals surface area contributed by atoms with Crippen LogP contribution in [0.1, 0.15) is 45.4 Å². The molecule has 2 heterocycles. The summed E-state index contributed by atoms with van der Waals surface area (Å²) in [5.41, 5.74) is 1.90. The van der Waals surface area contributed by atoms with Crippen molar-refractivity contribution < 1.29 is 23.5 Å². The summed E-state index contributed by atoms with van der Waals surface area (Å²) in [5, 5.41) is 3.24. The molecule has 0 spiro atoms. The average Bonchev–Trinajstić information content (AvgIpc) is 3.24. The Morgan fingerprint density at radius 1 is 1.07 bits per heavy atom. The number of rotatable bonds is 6. The molecule has 152 valence electrons. The number of aryl methyl sites for hydroxylation is 2. The number of anilines is 1. The first-order chi connectivity index (χ1) is 13.8. The van der Waals surface area contributed by atoms with Crippen LogP contribution in [0.25, 0.3) is 11.1 Å². The monoisotopic (exact) mass is 413 g/mol. The van der Waals surface area contributed by atoms with Crippen molar-refractivity contribution in [3.8, 4) is 16.9 Å². The van der Waals surface area contributed by atoms with Crippen LogP contribution in [-0.4, -0.2) is 25.1 Å². The molecule has 0 aliphatic rings. The first-order valence-corrected chi connectivity index (χ1v) is 9.98. The van der Waals surface area contributed by atoms with Crippen LogP contribution in [0.2, 0.25) is 0 Å². The first-order valence-electron chi connectivity index (χ1n) is 9.16. The van der Waals surface area contributed by atoms with Crippen molar-refractivity contribution in [1.29, 1.82) is 0 Å². The van der Waals surface area contributed by atoms with Gasteiger partial charge in [0, 0.05) is 10.4 Å². The minimum absolute atomic E-state index is 0.183. The number of carbonyl (C=O) groups excluding carboxylic acids is 2. The zero-order valence-electron chi connectivity index (χ0n) is 17.0. The number of nitrogens with one attached hydrogen (secondary N) is 1. The van der Waals surface area contributed by atoms with Gasteiger partial charge in [0.25, 0.3) is 5.91 Å². The molecule has 0 aliphatic heterocycles. The van der Waals surface area contributed by atoms with E-state index in [0.29, 0.717) is 16.3 Å². The van der Waals surface area contributed by atoms with Gasteiger partial charge in [-0.05, 0) is 57.5 Å². The predicted molar refractivity (Wildman–Crippen MR) is 113 cm³/mol. The molecule has 0 atom stereocenters. The molecular weight excluding hydrogens is 390 g/mol. The molecule has 2 aromatic heterocycles. The zero-order chi connectivity index (χ0) is 21.1. The lowest BCUT2D eigenvalue weighted by Gasteiger charge is -2.12. The number of carbonyl (C=O) groups is 2. The summed E-state index contributed by atoms with van der Waals surface area (Å²) >= 11 is 1.33. The SMILES string of the molecule is COc1ccc(-c2c(C)sc(NC(=O)c3ccc(C)o3)c2C(=O)OC(C)C)cc1. The smallest absolute Gasteiger partial charge is 0.342 e. The number of ether oxygens (including phenoxy) is 2. The number of methoxy groups -OCH3 is 1. The van der Waals surface area contributed by atoms with Crippen LogP contribution < -0.4 is 10.1 Å². The third-order valence-corrected chi connectivity index (χ3v) is 5.22. The Balaban J connectivity index is 2.05. The van der Waals surface area contributed by atoms with Crippen molar-refractivity contribution in [3.63, 3.8) is 0 Å². The Hall–Kier alpha value is -3.06. The molecule has 0 aliphatic carbocycles. The third kappa shape index (κ3) is 4.51. The minimum atomic E-state index is -0.485. The van der Waals surface area contributed by atoms with Gasteiger partial charge in [-0.15, -0.1) is 11.3 Å². The van der Waals surface area contributed by atoms with E-state index >= 15 is 0 Å². The molecule has 1 N–H and O–H groups in total. The van der Waals surface area contributed by atoms with Gasteiger partial charge in [0.05, 0.1) is 13.2 Å². The fourth-order valence-electron chi connectivity index (χ4n) is 2.93. The summed E-state index contributed by atoms with van der Waals surface area (Å²) in [6, 6.07) is 10.7. The van der Waals surface area contributed by atoms with Crippen molar-refractivity contribution >= 4 is 28.2 Å². The van der Waals surface area contributed by atoms with Gasteiger partial charge >= 0.3 is 5.97 Å². The number of thiophene rings is 1. The normalized spacial score (nSPS) is 10.8. The van der Waals surface area contributed by atoms with E-state index in [2.05, 4.69) is 5.32 Å². The van der Waals surface area contributed by atoms with Crippen LogP contribution in [0.15, 0.2) is 40.8 Å². The fourth-order valence-corrected chi connectivity index (χ4v) is 3.99. The molecule has 1 amide bonds. The molecule has 6 nitrogen and oxygen atoms in total. The van der Waals surface area contributed by atoms with E-state index in [1.807, 2.05) is 31.2 Å². The quantitative estimate of drug-likeness (QED) is 0.544. The molecule has 0 radical (unpaired) electrons. The van der Waals surface area contributed by atoms with Crippen molar-refractivity contribution in [2.45, 2.75) is 33.8 Å². The summed E-state index contributed by atoms with van der Waals surface area (Å²) in [7, 11) is 1.60. The highest BCUT2D eigenvalue weighted by Gasteiger charge is 2.27. The van der Waals surface area contributed by atoms with Gasteiger partial charge < -0.3 is 19.2 Å². The highest BCUT2D eigenvalue weighted by atomic mass is 32.1. The summed E-state index contributed by atoms with van der Waals surface area (Å²) in [6.45, 7) is 7.24. The maximum Gasteiger partial charge on any atom is 0.342 e. The van der Waals surface area contributed by atoms with Crippen LogP contribution >= 0.6 is 11.3 Å². The Kier molecular flexibility index (Phi) is 6.08. The average molecular weight is 413 g/mol. The van der Waals surface area contributed by atoms with E-state index < -0.39 is 11.9 Å². The van der Waals surface area contributed by atoms with Gasteiger partial charge in [-0.3, -0.25) is 4.79 Å². The highest BCUT2D eigenvalue weighted by molar-refractivity contribution is 7.17. The maximum atomic E-state index is 12.9. The Bertz CT molecular complexity index is 1030. The lowest BCUT2D eigenvalue weighted by atomic mass is 10.0. The Labute approximate surface area is 173 Å². The standard InChI is InChI=1S/C22H23NO5S/c1-12(2)27-22(25)19-18(15-7-9-16(26-5)10-8-15)14(4)29-21(19)23-20(24)17-11-6-13(3)28-17/h6-12H,1-5H3,(H,23,24). The second-order valence-corrected chi connectivity index (χ2v) is 8.01. The lowest BCUT2D eigenvalue weighted by molar-refractivity contribution is 0.0380. The first kappa shape index (κ1) is 20.7. The Morgan fingerprint density at radius 2 is 1.76 bits per heavy atom. The van der Waals surface area contributed by atoms with Crippen molar-refractivity contribution in [2.24, 2.45) is 0 Å². The topological polar surface area (TPSA) is 77.8 Å². The molecule has 3 rings (SSSR count). The fraction of sp³-hybridized carbons (Fsp3) is 0.273. The molecule has 0 bridgehead atoms. The second-order valence-electron chi connectivity index (χ2n) is 6.78. The summed E-state index contributed by atoms with van der Waals surface area (Å²) < 4.78 is 16.1. The Morgan fingerprint density at radius 3 is 2.31 bits per heavy atom. The van der Waals surface area contributed by atoms with E-state index in [0.717, 1.165) is 21.8 Å². The summed E-state index contributed by atoms with van der Waals surface area (Å²) in [4.78, 5) is 26.4. The third-order valence-electron chi connectivity index (χ3n) is 4.20. The van der Waals surface area contributed by atoms with E-state index in [-0.39, 0.29) is 11.9 Å². The molecule has 1 aromatic carbocycles. The van der Waals surface area contributed by atoms with E-state index in [9.17, 15) is 9.59 Å². The van der Waals surface area contributed by atoms with Crippen molar-refractivity contribution in [3.05, 3.63) is 58.4 Å². The van der Waals surface area contributed by atoms with Crippen LogP contribution in [0.4, 0.5) is 5.00 Å². The molecule has 3 aromatic rings. The van der Waals surface area contributed by atoms with Crippen LogP contribution in [0, 0.1) is 13.8 Å². The maximum absolute atomic E-state index is 12.9. The van der Waals surface area contributed by atoms with E-state index in [1.165, 1.54) is 11.3 Å². The number of benzene rings is 1.